The number of aromatic nitrogens is 3. The summed E-state index contributed by atoms with van der Waals surface area (Å²) in [4.78, 5) is 8.68. The molecule has 0 aliphatic carbocycles. The molecule has 0 aromatic carbocycles. The Bertz CT molecular complexity index is 490. The first kappa shape index (κ1) is 13.6. The highest BCUT2D eigenvalue weighted by Gasteiger charge is 2.05. The van der Waals surface area contributed by atoms with E-state index in [1.165, 1.54) is 18.4 Å². The maximum absolute atomic E-state index is 4.53. The Morgan fingerprint density at radius 2 is 2.26 bits per heavy atom. The summed E-state index contributed by atoms with van der Waals surface area (Å²) >= 11 is 0. The van der Waals surface area contributed by atoms with E-state index in [9.17, 15) is 0 Å². The molecular weight excluding hydrogens is 236 g/mol. The maximum atomic E-state index is 4.53. The number of imidazole rings is 1. The number of aryl methyl sites for hydroxylation is 3. The number of nitrogens with one attached hydrogen (secondary N) is 1. The van der Waals surface area contributed by atoms with Gasteiger partial charge in [-0.1, -0.05) is 19.4 Å². The Morgan fingerprint density at radius 1 is 1.37 bits per heavy atom. The maximum Gasteiger partial charge on any atom is 0.203 e. The lowest BCUT2D eigenvalue weighted by molar-refractivity contribution is 0.693. The molecule has 0 saturated heterocycles. The summed E-state index contributed by atoms with van der Waals surface area (Å²) in [6.45, 7) is 6.15. The predicted molar refractivity (Wildman–Crippen MR) is 78.3 cm³/mol. The Hall–Kier alpha value is -1.84. The highest BCUT2D eigenvalue weighted by Crippen LogP contribution is 2.10. The van der Waals surface area contributed by atoms with Crippen LogP contribution in [0.2, 0.25) is 0 Å². The molecule has 0 aliphatic heterocycles. The minimum absolute atomic E-state index is 0.932. The van der Waals surface area contributed by atoms with E-state index in [-0.39, 0.29) is 0 Å². The van der Waals surface area contributed by atoms with Gasteiger partial charge in [0, 0.05) is 31.7 Å². The number of nitrogens with zero attached hydrogens (tertiary/aromatic N) is 3. The van der Waals surface area contributed by atoms with Crippen LogP contribution < -0.4 is 5.32 Å². The standard InChI is InChI=1S/C15H22N4/c1-3-4-9-17-15-18-13(2)12-19(15)10-7-14-6-5-8-16-11-14/h5-6,8,11-12H,3-4,7,9-10H2,1-2H3,(H,17,18). The van der Waals surface area contributed by atoms with Crippen molar-refractivity contribution in [2.75, 3.05) is 11.9 Å². The number of unbranched alkanes of at least 4 members (excludes halogenated alkanes) is 1. The highest BCUT2D eigenvalue weighted by molar-refractivity contribution is 5.28. The van der Waals surface area contributed by atoms with E-state index in [2.05, 4.69) is 39.0 Å². The number of hydrogen-bond donors (Lipinski definition) is 1. The smallest absolute Gasteiger partial charge is 0.203 e. The molecule has 2 aromatic heterocycles. The van der Waals surface area contributed by atoms with E-state index in [0.717, 1.165) is 31.2 Å². The van der Waals surface area contributed by atoms with Crippen molar-refractivity contribution in [2.45, 2.75) is 39.7 Å². The third-order valence-corrected chi connectivity index (χ3v) is 3.07. The molecule has 4 nitrogen and oxygen atoms in total. The van der Waals surface area contributed by atoms with Crippen LogP contribution in [0.3, 0.4) is 0 Å². The zero-order valence-electron chi connectivity index (χ0n) is 11.8. The van der Waals surface area contributed by atoms with E-state index in [1.54, 1.807) is 0 Å². The predicted octanol–water partition coefficient (Wildman–Crippen LogP) is 3.04. The lowest BCUT2D eigenvalue weighted by Gasteiger charge is -2.09. The summed E-state index contributed by atoms with van der Waals surface area (Å²) in [5, 5.41) is 3.41. The van der Waals surface area contributed by atoms with E-state index < -0.39 is 0 Å². The Balaban J connectivity index is 1.95. The van der Waals surface area contributed by atoms with Gasteiger partial charge in [0.2, 0.25) is 5.95 Å². The second-order valence-corrected chi connectivity index (χ2v) is 4.79. The summed E-state index contributed by atoms with van der Waals surface area (Å²) in [5.41, 5.74) is 2.32. The van der Waals surface area contributed by atoms with Crippen molar-refractivity contribution in [3.63, 3.8) is 0 Å². The summed E-state index contributed by atoms with van der Waals surface area (Å²) in [6.07, 6.45) is 9.18. The lowest BCUT2D eigenvalue weighted by atomic mass is 10.2. The fourth-order valence-corrected chi connectivity index (χ4v) is 2.03. The molecule has 2 heterocycles. The normalized spacial score (nSPS) is 10.6. The van der Waals surface area contributed by atoms with Crippen LogP contribution in [0.1, 0.15) is 31.0 Å². The molecule has 0 radical (unpaired) electrons. The first-order chi connectivity index (χ1) is 9.29. The molecule has 4 heteroatoms. The third-order valence-electron chi connectivity index (χ3n) is 3.07. The second-order valence-electron chi connectivity index (χ2n) is 4.79. The summed E-state index contributed by atoms with van der Waals surface area (Å²) in [6, 6.07) is 4.09. The van der Waals surface area contributed by atoms with Gasteiger partial charge in [0.15, 0.2) is 0 Å². The van der Waals surface area contributed by atoms with Crippen LogP contribution in [-0.4, -0.2) is 21.1 Å². The molecule has 0 bridgehead atoms. The number of anilines is 1. The quantitative estimate of drug-likeness (QED) is 0.776. The van der Waals surface area contributed by atoms with Crippen LogP contribution in [0.4, 0.5) is 5.95 Å². The van der Waals surface area contributed by atoms with Gasteiger partial charge >= 0.3 is 0 Å². The molecule has 0 fully saturated rings. The van der Waals surface area contributed by atoms with E-state index in [1.807, 2.05) is 25.4 Å². The average Bonchev–Trinajstić information content (AvgIpc) is 2.78. The average molecular weight is 258 g/mol. The van der Waals surface area contributed by atoms with Crippen molar-refractivity contribution < 1.29 is 0 Å². The van der Waals surface area contributed by atoms with Gasteiger partial charge in [0.1, 0.15) is 0 Å². The fraction of sp³-hybridized carbons (Fsp3) is 0.467. The first-order valence-electron chi connectivity index (χ1n) is 6.96. The number of pyridine rings is 1. The molecule has 2 rings (SSSR count). The molecule has 0 aliphatic rings. The lowest BCUT2D eigenvalue weighted by Crippen LogP contribution is -2.09. The molecule has 19 heavy (non-hydrogen) atoms. The molecule has 0 saturated carbocycles. The summed E-state index contributed by atoms with van der Waals surface area (Å²) in [7, 11) is 0. The van der Waals surface area contributed by atoms with Crippen molar-refractivity contribution in [2.24, 2.45) is 0 Å². The minimum atomic E-state index is 0.932. The molecule has 2 aromatic rings. The molecule has 102 valence electrons. The fourth-order valence-electron chi connectivity index (χ4n) is 2.03. The van der Waals surface area contributed by atoms with Crippen molar-refractivity contribution >= 4 is 5.95 Å². The minimum Gasteiger partial charge on any atom is -0.356 e. The van der Waals surface area contributed by atoms with Crippen LogP contribution >= 0.6 is 0 Å². The van der Waals surface area contributed by atoms with E-state index >= 15 is 0 Å². The second kappa shape index (κ2) is 6.92. The van der Waals surface area contributed by atoms with Gasteiger partial charge in [0.25, 0.3) is 0 Å². The van der Waals surface area contributed by atoms with Crippen LogP contribution in [0.5, 0.6) is 0 Å². The zero-order valence-corrected chi connectivity index (χ0v) is 11.8. The molecular formula is C15H22N4. The number of rotatable bonds is 7. The largest absolute Gasteiger partial charge is 0.356 e. The summed E-state index contributed by atoms with van der Waals surface area (Å²) < 4.78 is 2.19. The molecule has 0 atom stereocenters. The van der Waals surface area contributed by atoms with Gasteiger partial charge < -0.3 is 9.88 Å². The van der Waals surface area contributed by atoms with Gasteiger partial charge in [0.05, 0.1) is 5.69 Å². The van der Waals surface area contributed by atoms with Gasteiger partial charge in [-0.3, -0.25) is 4.98 Å². The Labute approximate surface area is 114 Å². The van der Waals surface area contributed by atoms with Crippen molar-refractivity contribution in [1.29, 1.82) is 0 Å². The monoisotopic (exact) mass is 258 g/mol. The Morgan fingerprint density at radius 3 is 3.00 bits per heavy atom. The SMILES string of the molecule is CCCCNc1nc(C)cn1CCc1cccnc1. The first-order valence-corrected chi connectivity index (χ1v) is 6.96. The molecule has 0 unspecified atom stereocenters. The molecule has 1 N–H and O–H groups in total. The van der Waals surface area contributed by atoms with Gasteiger partial charge in [-0.15, -0.1) is 0 Å². The number of hydrogen-bond acceptors (Lipinski definition) is 3. The van der Waals surface area contributed by atoms with E-state index in [0.29, 0.717) is 0 Å². The molecule has 0 amide bonds. The zero-order chi connectivity index (χ0) is 13.5. The van der Waals surface area contributed by atoms with Gasteiger partial charge in [-0.25, -0.2) is 4.98 Å². The summed E-state index contributed by atoms with van der Waals surface area (Å²) in [5.74, 6) is 0.981. The van der Waals surface area contributed by atoms with Crippen molar-refractivity contribution in [3.05, 3.63) is 42.0 Å². The van der Waals surface area contributed by atoms with Gasteiger partial charge in [-0.2, -0.15) is 0 Å². The van der Waals surface area contributed by atoms with Gasteiger partial charge in [-0.05, 0) is 31.4 Å². The third kappa shape index (κ3) is 4.09. The van der Waals surface area contributed by atoms with Crippen LogP contribution in [0, 0.1) is 6.92 Å². The van der Waals surface area contributed by atoms with Crippen LogP contribution in [0.15, 0.2) is 30.7 Å². The van der Waals surface area contributed by atoms with Crippen LogP contribution in [-0.2, 0) is 13.0 Å². The highest BCUT2D eigenvalue weighted by atomic mass is 15.2. The van der Waals surface area contributed by atoms with Crippen LogP contribution in [0.25, 0.3) is 0 Å². The topological polar surface area (TPSA) is 42.7 Å². The van der Waals surface area contributed by atoms with Crippen molar-refractivity contribution in [3.8, 4) is 0 Å². The van der Waals surface area contributed by atoms with Crippen molar-refractivity contribution in [1.82, 2.24) is 14.5 Å². The Kier molecular flexibility index (Phi) is 4.95. The van der Waals surface area contributed by atoms with E-state index in [4.69, 9.17) is 0 Å². The molecule has 0 spiro atoms.